The van der Waals surface area contributed by atoms with Gasteiger partial charge >= 0.3 is 5.97 Å². The third kappa shape index (κ3) is 4.48. The SMILES string of the molecule is COC(=O)c1ccc(OCC(=O)Nc2ccc(C#N)c(Cl)c2)cc1. The summed E-state index contributed by atoms with van der Waals surface area (Å²) < 4.78 is 9.93. The van der Waals surface area contributed by atoms with Crippen molar-refractivity contribution in [2.45, 2.75) is 0 Å². The van der Waals surface area contributed by atoms with E-state index in [2.05, 4.69) is 10.1 Å². The van der Waals surface area contributed by atoms with Gasteiger partial charge in [-0.3, -0.25) is 4.79 Å². The fourth-order valence-electron chi connectivity index (χ4n) is 1.83. The zero-order valence-corrected chi connectivity index (χ0v) is 13.5. The minimum atomic E-state index is -0.447. The first-order chi connectivity index (χ1) is 11.5. The lowest BCUT2D eigenvalue weighted by Gasteiger charge is -2.08. The molecule has 0 radical (unpaired) electrons. The van der Waals surface area contributed by atoms with Gasteiger partial charge in [0.25, 0.3) is 5.91 Å². The van der Waals surface area contributed by atoms with Crippen LogP contribution in [0.1, 0.15) is 15.9 Å². The van der Waals surface area contributed by atoms with Crippen molar-refractivity contribution in [3.05, 3.63) is 58.6 Å². The van der Waals surface area contributed by atoms with E-state index in [1.165, 1.54) is 19.2 Å². The smallest absolute Gasteiger partial charge is 0.337 e. The van der Waals surface area contributed by atoms with Crippen LogP contribution in [0.4, 0.5) is 5.69 Å². The molecule has 122 valence electrons. The lowest BCUT2D eigenvalue weighted by Crippen LogP contribution is -2.20. The number of hydrogen-bond donors (Lipinski definition) is 1. The Hall–Kier alpha value is -3.04. The molecule has 0 saturated carbocycles. The third-order valence-electron chi connectivity index (χ3n) is 3.02. The van der Waals surface area contributed by atoms with Crippen LogP contribution in [0.5, 0.6) is 5.75 Å². The maximum absolute atomic E-state index is 11.9. The zero-order chi connectivity index (χ0) is 17.5. The number of nitrogens with zero attached hydrogens (tertiary/aromatic N) is 1. The number of benzene rings is 2. The largest absolute Gasteiger partial charge is 0.484 e. The van der Waals surface area contributed by atoms with E-state index in [4.69, 9.17) is 21.6 Å². The van der Waals surface area contributed by atoms with Crippen LogP contribution in [-0.4, -0.2) is 25.6 Å². The maximum Gasteiger partial charge on any atom is 0.337 e. The number of nitrogens with one attached hydrogen (secondary N) is 1. The Balaban J connectivity index is 1.90. The fourth-order valence-corrected chi connectivity index (χ4v) is 2.06. The summed E-state index contributed by atoms with van der Waals surface area (Å²) in [6.07, 6.45) is 0. The lowest BCUT2D eigenvalue weighted by atomic mass is 10.2. The Bertz CT molecular complexity index is 797. The van der Waals surface area contributed by atoms with Crippen LogP contribution in [0.3, 0.4) is 0 Å². The average molecular weight is 345 g/mol. The predicted molar refractivity (Wildman–Crippen MR) is 88.1 cm³/mol. The highest BCUT2D eigenvalue weighted by Gasteiger charge is 2.08. The molecule has 0 unspecified atom stereocenters. The van der Waals surface area contributed by atoms with Gasteiger partial charge in [-0.2, -0.15) is 5.26 Å². The van der Waals surface area contributed by atoms with Gasteiger partial charge in [-0.1, -0.05) is 11.6 Å². The second-order valence-corrected chi connectivity index (χ2v) is 5.07. The summed E-state index contributed by atoms with van der Waals surface area (Å²) in [5, 5.41) is 11.7. The molecule has 1 amide bonds. The average Bonchev–Trinajstić information content (AvgIpc) is 2.60. The summed E-state index contributed by atoms with van der Waals surface area (Å²) in [5.41, 5.74) is 1.19. The normalized spacial score (nSPS) is 9.71. The summed E-state index contributed by atoms with van der Waals surface area (Å²) in [5.74, 6) is -0.388. The Morgan fingerprint density at radius 1 is 1.21 bits per heavy atom. The standard InChI is InChI=1S/C17H13ClN2O4/c1-23-17(22)11-3-6-14(7-4-11)24-10-16(21)20-13-5-2-12(9-19)15(18)8-13/h2-8H,10H2,1H3,(H,20,21). The number of methoxy groups -OCH3 is 1. The van der Waals surface area contributed by atoms with E-state index >= 15 is 0 Å². The van der Waals surface area contributed by atoms with Crippen molar-refractivity contribution in [3.63, 3.8) is 0 Å². The van der Waals surface area contributed by atoms with Crippen LogP contribution in [0, 0.1) is 11.3 Å². The van der Waals surface area contributed by atoms with Crippen LogP contribution >= 0.6 is 11.6 Å². The van der Waals surface area contributed by atoms with Crippen molar-refractivity contribution < 1.29 is 19.1 Å². The van der Waals surface area contributed by atoms with Crippen LogP contribution in [0.25, 0.3) is 0 Å². The van der Waals surface area contributed by atoms with Crippen molar-refractivity contribution in [2.75, 3.05) is 19.0 Å². The number of hydrogen-bond acceptors (Lipinski definition) is 5. The number of ether oxygens (including phenoxy) is 2. The van der Waals surface area contributed by atoms with E-state index in [0.29, 0.717) is 22.6 Å². The lowest BCUT2D eigenvalue weighted by molar-refractivity contribution is -0.118. The van der Waals surface area contributed by atoms with Crippen molar-refractivity contribution in [1.29, 1.82) is 5.26 Å². The highest BCUT2D eigenvalue weighted by atomic mass is 35.5. The van der Waals surface area contributed by atoms with Gasteiger partial charge in [0, 0.05) is 5.69 Å². The number of amides is 1. The molecule has 0 bridgehead atoms. The number of halogens is 1. The molecule has 0 aliphatic carbocycles. The molecule has 0 spiro atoms. The van der Waals surface area contributed by atoms with E-state index < -0.39 is 5.97 Å². The fraction of sp³-hybridized carbons (Fsp3) is 0.118. The minimum Gasteiger partial charge on any atom is -0.484 e. The number of anilines is 1. The summed E-state index contributed by atoms with van der Waals surface area (Å²) in [7, 11) is 1.30. The van der Waals surface area contributed by atoms with Crippen LogP contribution in [0.2, 0.25) is 5.02 Å². The van der Waals surface area contributed by atoms with E-state index in [-0.39, 0.29) is 17.5 Å². The van der Waals surface area contributed by atoms with Gasteiger partial charge in [0.15, 0.2) is 6.61 Å². The molecule has 0 atom stereocenters. The molecule has 0 fully saturated rings. The number of rotatable bonds is 5. The molecule has 0 aromatic heterocycles. The van der Waals surface area contributed by atoms with Gasteiger partial charge in [0.05, 0.1) is 23.3 Å². The second kappa shape index (κ2) is 7.99. The molecule has 6 nitrogen and oxygen atoms in total. The van der Waals surface area contributed by atoms with Crippen LogP contribution in [0.15, 0.2) is 42.5 Å². The van der Waals surface area contributed by atoms with E-state index in [1.807, 2.05) is 6.07 Å². The van der Waals surface area contributed by atoms with Crippen molar-refractivity contribution in [3.8, 4) is 11.8 Å². The number of esters is 1. The topological polar surface area (TPSA) is 88.4 Å². The van der Waals surface area contributed by atoms with Crippen molar-refractivity contribution >= 4 is 29.2 Å². The van der Waals surface area contributed by atoms with Gasteiger partial charge in [-0.25, -0.2) is 4.79 Å². The van der Waals surface area contributed by atoms with Gasteiger partial charge in [-0.15, -0.1) is 0 Å². The summed E-state index contributed by atoms with van der Waals surface area (Å²) >= 11 is 5.90. The molecule has 24 heavy (non-hydrogen) atoms. The molecule has 2 rings (SSSR count). The Morgan fingerprint density at radius 3 is 2.50 bits per heavy atom. The van der Waals surface area contributed by atoms with Crippen LogP contribution in [-0.2, 0) is 9.53 Å². The quantitative estimate of drug-likeness (QED) is 0.842. The Morgan fingerprint density at radius 2 is 1.92 bits per heavy atom. The molecule has 0 saturated heterocycles. The number of carbonyl (C=O) groups excluding carboxylic acids is 2. The molecular formula is C17H13ClN2O4. The van der Waals surface area contributed by atoms with E-state index in [0.717, 1.165) is 0 Å². The van der Waals surface area contributed by atoms with E-state index in [9.17, 15) is 9.59 Å². The maximum atomic E-state index is 11.9. The Labute approximate surface area is 143 Å². The molecule has 0 aliphatic heterocycles. The van der Waals surface area contributed by atoms with Gasteiger partial charge in [0.1, 0.15) is 11.8 Å². The summed E-state index contributed by atoms with van der Waals surface area (Å²) in [4.78, 5) is 23.2. The first kappa shape index (κ1) is 17.3. The molecule has 2 aromatic rings. The Kier molecular flexibility index (Phi) is 5.77. The van der Waals surface area contributed by atoms with Gasteiger partial charge < -0.3 is 14.8 Å². The first-order valence-corrected chi connectivity index (χ1v) is 7.22. The molecule has 1 N–H and O–H groups in total. The molecule has 2 aromatic carbocycles. The second-order valence-electron chi connectivity index (χ2n) is 4.66. The molecular weight excluding hydrogens is 332 g/mol. The highest BCUT2D eigenvalue weighted by molar-refractivity contribution is 6.32. The number of carbonyl (C=O) groups is 2. The van der Waals surface area contributed by atoms with Crippen LogP contribution < -0.4 is 10.1 Å². The predicted octanol–water partition coefficient (Wildman–Crippen LogP) is 3.02. The number of nitriles is 1. The van der Waals surface area contributed by atoms with Gasteiger partial charge in [-0.05, 0) is 42.5 Å². The summed E-state index contributed by atoms with van der Waals surface area (Å²) in [6.45, 7) is -0.213. The third-order valence-corrected chi connectivity index (χ3v) is 3.33. The van der Waals surface area contributed by atoms with Crippen molar-refractivity contribution in [2.24, 2.45) is 0 Å². The monoisotopic (exact) mass is 344 g/mol. The molecule has 7 heteroatoms. The first-order valence-electron chi connectivity index (χ1n) is 6.84. The minimum absolute atomic E-state index is 0.213. The van der Waals surface area contributed by atoms with E-state index in [1.54, 1.807) is 30.3 Å². The molecule has 0 heterocycles. The summed E-state index contributed by atoms with van der Waals surface area (Å²) in [6, 6.07) is 12.7. The highest BCUT2D eigenvalue weighted by Crippen LogP contribution is 2.20. The molecule has 0 aliphatic rings. The van der Waals surface area contributed by atoms with Gasteiger partial charge in [0.2, 0.25) is 0 Å². The zero-order valence-electron chi connectivity index (χ0n) is 12.7. The van der Waals surface area contributed by atoms with Crippen molar-refractivity contribution in [1.82, 2.24) is 0 Å².